The van der Waals surface area contributed by atoms with Crippen molar-refractivity contribution >= 4 is 10.0 Å². The molecule has 1 heterocycles. The van der Waals surface area contributed by atoms with E-state index < -0.39 is 10.0 Å². The Balaban J connectivity index is 2.01. The molecule has 0 aliphatic rings. The quantitative estimate of drug-likeness (QED) is 0.811. The van der Waals surface area contributed by atoms with E-state index in [2.05, 4.69) is 15.2 Å². The van der Waals surface area contributed by atoms with Crippen LogP contribution in [0.5, 0.6) is 0 Å². The van der Waals surface area contributed by atoms with Gasteiger partial charge in [0.25, 0.3) is 0 Å². The molecule has 114 valence electrons. The number of benzene rings is 1. The van der Waals surface area contributed by atoms with Crippen LogP contribution in [0.1, 0.15) is 23.9 Å². The molecule has 0 saturated carbocycles. The Hall–Kier alpha value is -1.70. The van der Waals surface area contributed by atoms with E-state index >= 15 is 0 Å². The van der Waals surface area contributed by atoms with Gasteiger partial charge in [0.2, 0.25) is 10.0 Å². The van der Waals surface area contributed by atoms with Crippen LogP contribution in [0, 0.1) is 6.92 Å². The Morgan fingerprint density at radius 1 is 1.19 bits per heavy atom. The predicted molar refractivity (Wildman–Crippen MR) is 79.1 cm³/mol. The summed E-state index contributed by atoms with van der Waals surface area (Å²) in [7, 11) is -3.54. The molecule has 0 spiro atoms. The second-order valence-electron chi connectivity index (χ2n) is 4.68. The summed E-state index contributed by atoms with van der Waals surface area (Å²) in [6.45, 7) is 5.49. The van der Waals surface area contributed by atoms with Gasteiger partial charge in [-0.25, -0.2) is 13.1 Å². The molecule has 0 amide bonds. The fourth-order valence-electron chi connectivity index (χ4n) is 1.80. The molecule has 0 aliphatic carbocycles. The lowest BCUT2D eigenvalue weighted by atomic mass is 10.2. The van der Waals surface area contributed by atoms with Gasteiger partial charge < -0.3 is 9.84 Å². The van der Waals surface area contributed by atoms with Crippen molar-refractivity contribution in [1.29, 1.82) is 0 Å². The Morgan fingerprint density at radius 2 is 1.90 bits per heavy atom. The van der Waals surface area contributed by atoms with E-state index in [1.165, 1.54) is 0 Å². The molecule has 7 heteroatoms. The Kier molecular flexibility index (Phi) is 5.11. The first-order chi connectivity index (χ1) is 10.0. The van der Waals surface area contributed by atoms with Crippen LogP contribution in [0.2, 0.25) is 0 Å². The summed E-state index contributed by atoms with van der Waals surface area (Å²) in [5.41, 5.74) is 1.76. The lowest BCUT2D eigenvalue weighted by Gasteiger charge is -2.07. The van der Waals surface area contributed by atoms with E-state index in [-0.39, 0.29) is 11.4 Å². The number of aromatic nitrogens is 1. The third-order valence-corrected chi connectivity index (χ3v) is 4.34. The normalized spacial score (nSPS) is 11.7. The van der Waals surface area contributed by atoms with Gasteiger partial charge in [-0.3, -0.25) is 0 Å². The monoisotopic (exact) mass is 309 g/mol. The van der Waals surface area contributed by atoms with E-state index in [1.54, 1.807) is 37.3 Å². The zero-order chi connectivity index (χ0) is 15.3. The van der Waals surface area contributed by atoms with Crippen molar-refractivity contribution in [3.05, 3.63) is 47.3 Å². The van der Waals surface area contributed by atoms with Gasteiger partial charge >= 0.3 is 0 Å². The first-order valence-electron chi connectivity index (χ1n) is 6.73. The third-order valence-electron chi connectivity index (χ3n) is 2.93. The van der Waals surface area contributed by atoms with Crippen LogP contribution in [-0.2, 0) is 23.1 Å². The number of nitrogens with one attached hydrogen (secondary N) is 2. The Labute approximate surface area is 124 Å². The molecular formula is C14H19N3O3S. The molecule has 0 fully saturated rings. The van der Waals surface area contributed by atoms with Crippen LogP contribution in [0.4, 0.5) is 0 Å². The highest BCUT2D eigenvalue weighted by atomic mass is 32.2. The van der Waals surface area contributed by atoms with Crippen molar-refractivity contribution in [2.45, 2.75) is 31.8 Å². The summed E-state index contributed by atoms with van der Waals surface area (Å²) in [4.78, 5) is 0.235. The summed E-state index contributed by atoms with van der Waals surface area (Å²) in [6.07, 6.45) is 0. The van der Waals surface area contributed by atoms with Gasteiger partial charge in [-0.1, -0.05) is 24.2 Å². The largest absolute Gasteiger partial charge is 0.360 e. The van der Waals surface area contributed by atoms with Crippen LogP contribution in [0.15, 0.2) is 39.8 Å². The molecule has 2 N–H and O–H groups in total. The number of hydrogen-bond donors (Lipinski definition) is 2. The lowest BCUT2D eigenvalue weighted by molar-refractivity contribution is 0.377. The average molecular weight is 309 g/mol. The molecule has 6 nitrogen and oxygen atoms in total. The van der Waals surface area contributed by atoms with Crippen LogP contribution >= 0.6 is 0 Å². The molecule has 0 radical (unpaired) electrons. The van der Waals surface area contributed by atoms with E-state index in [1.807, 2.05) is 6.92 Å². The maximum atomic E-state index is 12.1. The minimum absolute atomic E-state index is 0.0856. The summed E-state index contributed by atoms with van der Waals surface area (Å²) in [5.74, 6) is 0.486. The number of hydrogen-bond acceptors (Lipinski definition) is 5. The lowest BCUT2D eigenvalue weighted by Crippen LogP contribution is -2.23. The van der Waals surface area contributed by atoms with E-state index in [0.717, 1.165) is 24.3 Å². The van der Waals surface area contributed by atoms with Crippen molar-refractivity contribution in [1.82, 2.24) is 15.2 Å². The highest BCUT2D eigenvalue weighted by molar-refractivity contribution is 7.89. The Bertz CT molecular complexity index is 678. The molecule has 2 rings (SSSR count). The first kappa shape index (κ1) is 15.7. The van der Waals surface area contributed by atoms with Gasteiger partial charge in [0.05, 0.1) is 17.1 Å². The Morgan fingerprint density at radius 3 is 2.48 bits per heavy atom. The van der Waals surface area contributed by atoms with Crippen LogP contribution in [-0.4, -0.2) is 20.1 Å². The number of nitrogens with zero attached hydrogens (tertiary/aromatic N) is 1. The second kappa shape index (κ2) is 6.84. The van der Waals surface area contributed by atoms with Gasteiger partial charge in [-0.2, -0.15) is 0 Å². The fourth-order valence-corrected chi connectivity index (χ4v) is 2.80. The highest BCUT2D eigenvalue weighted by Crippen LogP contribution is 2.11. The van der Waals surface area contributed by atoms with E-state index in [4.69, 9.17) is 4.52 Å². The summed E-state index contributed by atoms with van der Waals surface area (Å²) < 4.78 is 31.8. The molecule has 0 saturated heterocycles. The van der Waals surface area contributed by atoms with E-state index in [9.17, 15) is 8.42 Å². The maximum Gasteiger partial charge on any atom is 0.240 e. The predicted octanol–water partition coefficient (Wildman–Crippen LogP) is 1.57. The second-order valence-corrected chi connectivity index (χ2v) is 6.45. The van der Waals surface area contributed by atoms with Crippen molar-refractivity contribution in [2.24, 2.45) is 0 Å². The zero-order valence-corrected chi connectivity index (χ0v) is 12.9. The minimum Gasteiger partial charge on any atom is -0.360 e. The number of sulfonamides is 1. The molecule has 0 bridgehead atoms. The molecule has 21 heavy (non-hydrogen) atoms. The van der Waals surface area contributed by atoms with Gasteiger partial charge in [-0.15, -0.1) is 0 Å². The van der Waals surface area contributed by atoms with Crippen LogP contribution < -0.4 is 10.0 Å². The van der Waals surface area contributed by atoms with Gasteiger partial charge in [0.15, 0.2) is 5.76 Å². The van der Waals surface area contributed by atoms with E-state index in [0.29, 0.717) is 5.76 Å². The third kappa shape index (κ3) is 4.38. The first-order valence-corrected chi connectivity index (χ1v) is 8.21. The van der Waals surface area contributed by atoms with Crippen molar-refractivity contribution in [3.8, 4) is 0 Å². The van der Waals surface area contributed by atoms with Gasteiger partial charge in [-0.05, 0) is 31.2 Å². The summed E-state index contributed by atoms with van der Waals surface area (Å²) in [5, 5.41) is 6.90. The topological polar surface area (TPSA) is 84.2 Å². The highest BCUT2D eigenvalue weighted by Gasteiger charge is 2.14. The molecule has 0 atom stereocenters. The molecule has 1 aromatic carbocycles. The smallest absolute Gasteiger partial charge is 0.240 e. The van der Waals surface area contributed by atoms with Crippen molar-refractivity contribution in [2.75, 3.05) is 6.54 Å². The van der Waals surface area contributed by atoms with Gasteiger partial charge in [0, 0.05) is 12.6 Å². The summed E-state index contributed by atoms with van der Waals surface area (Å²) >= 11 is 0. The maximum absolute atomic E-state index is 12.1. The minimum atomic E-state index is -3.54. The summed E-state index contributed by atoms with van der Waals surface area (Å²) in [6, 6.07) is 8.50. The SMILES string of the molecule is CCNCc1ccc(S(=O)(=O)NCc2cc(C)no2)cc1. The zero-order valence-electron chi connectivity index (χ0n) is 12.1. The van der Waals surface area contributed by atoms with Crippen molar-refractivity contribution in [3.63, 3.8) is 0 Å². The molecule has 0 unspecified atom stereocenters. The van der Waals surface area contributed by atoms with Crippen molar-refractivity contribution < 1.29 is 12.9 Å². The number of aryl methyl sites for hydroxylation is 1. The van der Waals surface area contributed by atoms with Gasteiger partial charge in [0.1, 0.15) is 0 Å². The molecule has 2 aromatic rings. The van der Waals surface area contributed by atoms with Crippen LogP contribution in [0.3, 0.4) is 0 Å². The average Bonchev–Trinajstić information content (AvgIpc) is 2.89. The molecule has 1 aromatic heterocycles. The van der Waals surface area contributed by atoms with Crippen LogP contribution in [0.25, 0.3) is 0 Å². The standard InChI is InChI=1S/C14H19N3O3S/c1-3-15-9-12-4-6-14(7-5-12)21(18,19)16-10-13-8-11(2)17-20-13/h4-8,15-16H,3,9-10H2,1-2H3. The molecular weight excluding hydrogens is 290 g/mol. The number of rotatable bonds is 7. The molecule has 0 aliphatic heterocycles. The fraction of sp³-hybridized carbons (Fsp3) is 0.357.